The molecule has 0 spiro atoms. The van der Waals surface area contributed by atoms with Gasteiger partial charge in [0.25, 0.3) is 0 Å². The van der Waals surface area contributed by atoms with Crippen LogP contribution in [0.5, 0.6) is 5.75 Å². The van der Waals surface area contributed by atoms with Crippen LogP contribution in [0.1, 0.15) is 6.92 Å². The van der Waals surface area contributed by atoms with Crippen LogP contribution >= 0.6 is 0 Å². The lowest BCUT2D eigenvalue weighted by Crippen LogP contribution is -2.14. The second-order valence-corrected chi connectivity index (χ2v) is 2.44. The first kappa shape index (κ1) is 9.57. The van der Waals surface area contributed by atoms with E-state index in [1.807, 2.05) is 0 Å². The summed E-state index contributed by atoms with van der Waals surface area (Å²) in [6, 6.07) is 0. The van der Waals surface area contributed by atoms with Crippen molar-refractivity contribution in [2.75, 3.05) is 13.2 Å². The molecule has 0 aliphatic carbocycles. The van der Waals surface area contributed by atoms with Crippen molar-refractivity contribution >= 4 is 5.97 Å². The molecule has 0 unspecified atom stereocenters. The number of hydrogen-bond donors (Lipinski definition) is 0. The molecule has 1 aromatic heterocycles. The number of hydrogen-bond acceptors (Lipinski definition) is 4. The van der Waals surface area contributed by atoms with Crippen LogP contribution in [0, 0.1) is 0 Å². The summed E-state index contributed by atoms with van der Waals surface area (Å²) in [6.45, 7) is 2.05. The molecule has 0 saturated heterocycles. The van der Waals surface area contributed by atoms with Gasteiger partial charge in [0, 0.05) is 7.05 Å². The Morgan fingerprint density at radius 3 is 3.00 bits per heavy atom. The molecule has 72 valence electrons. The highest BCUT2D eigenvalue weighted by atomic mass is 16.6. The van der Waals surface area contributed by atoms with Crippen LogP contribution < -0.4 is 4.74 Å². The summed E-state index contributed by atoms with van der Waals surface area (Å²) in [5.74, 6) is 0.196. The first-order valence-electron chi connectivity index (χ1n) is 3.99. The molecular formula is C8H12N2O3. The fraction of sp³-hybridized carbons (Fsp3) is 0.500. The van der Waals surface area contributed by atoms with Gasteiger partial charge in [-0.2, -0.15) is 5.10 Å². The maximum absolute atomic E-state index is 10.8. The van der Waals surface area contributed by atoms with E-state index in [0.29, 0.717) is 12.4 Å². The number of rotatable bonds is 4. The second-order valence-electron chi connectivity index (χ2n) is 2.44. The molecule has 1 rings (SSSR count). The maximum Gasteiger partial charge on any atom is 0.344 e. The Bertz CT molecular complexity index is 283. The quantitative estimate of drug-likeness (QED) is 0.634. The Balaban J connectivity index is 2.30. The van der Waals surface area contributed by atoms with Gasteiger partial charge in [-0.1, -0.05) is 0 Å². The van der Waals surface area contributed by atoms with E-state index in [1.165, 1.54) is 0 Å². The van der Waals surface area contributed by atoms with Crippen molar-refractivity contribution in [3.05, 3.63) is 12.4 Å². The third kappa shape index (κ3) is 3.14. The van der Waals surface area contributed by atoms with E-state index in [-0.39, 0.29) is 12.6 Å². The predicted molar refractivity (Wildman–Crippen MR) is 45.3 cm³/mol. The van der Waals surface area contributed by atoms with Gasteiger partial charge in [0.2, 0.25) is 0 Å². The number of ether oxygens (including phenoxy) is 2. The fourth-order valence-electron chi connectivity index (χ4n) is 0.818. The van der Waals surface area contributed by atoms with Gasteiger partial charge in [0.15, 0.2) is 12.4 Å². The van der Waals surface area contributed by atoms with Crippen molar-refractivity contribution in [3.63, 3.8) is 0 Å². The van der Waals surface area contributed by atoms with Gasteiger partial charge >= 0.3 is 5.97 Å². The Kier molecular flexibility index (Phi) is 3.31. The molecule has 1 aromatic rings. The molecular weight excluding hydrogens is 172 g/mol. The zero-order valence-corrected chi connectivity index (χ0v) is 7.69. The summed E-state index contributed by atoms with van der Waals surface area (Å²) in [6.07, 6.45) is 3.22. The first-order chi connectivity index (χ1) is 6.22. The molecule has 0 aliphatic heterocycles. The average Bonchev–Trinajstić information content (AvgIpc) is 2.49. The number of carbonyl (C=O) groups is 1. The van der Waals surface area contributed by atoms with E-state index in [1.54, 1.807) is 31.0 Å². The largest absolute Gasteiger partial charge is 0.479 e. The molecule has 5 heteroatoms. The highest BCUT2D eigenvalue weighted by Crippen LogP contribution is 2.06. The summed E-state index contributed by atoms with van der Waals surface area (Å²) >= 11 is 0. The zero-order valence-electron chi connectivity index (χ0n) is 7.69. The van der Waals surface area contributed by atoms with Crippen molar-refractivity contribution in [1.29, 1.82) is 0 Å². The van der Waals surface area contributed by atoms with Gasteiger partial charge in [0.1, 0.15) is 0 Å². The van der Waals surface area contributed by atoms with E-state index in [2.05, 4.69) is 9.84 Å². The molecule has 1 heterocycles. The lowest BCUT2D eigenvalue weighted by Gasteiger charge is -2.01. The third-order valence-corrected chi connectivity index (χ3v) is 1.34. The molecule has 0 radical (unpaired) electrons. The summed E-state index contributed by atoms with van der Waals surface area (Å²) in [4.78, 5) is 10.8. The van der Waals surface area contributed by atoms with Crippen LogP contribution in [0.3, 0.4) is 0 Å². The van der Waals surface area contributed by atoms with Gasteiger partial charge in [-0.3, -0.25) is 4.68 Å². The molecule has 13 heavy (non-hydrogen) atoms. The number of aromatic nitrogens is 2. The van der Waals surface area contributed by atoms with Crippen LogP contribution in [0.4, 0.5) is 0 Å². The number of carbonyl (C=O) groups excluding carboxylic acids is 1. The van der Waals surface area contributed by atoms with Crippen LogP contribution in [-0.4, -0.2) is 29.0 Å². The van der Waals surface area contributed by atoms with Crippen LogP contribution in [-0.2, 0) is 16.6 Å². The van der Waals surface area contributed by atoms with Crippen LogP contribution in [0.2, 0.25) is 0 Å². The molecule has 5 nitrogen and oxygen atoms in total. The van der Waals surface area contributed by atoms with E-state index >= 15 is 0 Å². The summed E-state index contributed by atoms with van der Waals surface area (Å²) in [5, 5.41) is 3.88. The Morgan fingerprint density at radius 2 is 2.46 bits per heavy atom. The highest BCUT2D eigenvalue weighted by molar-refractivity contribution is 5.71. The third-order valence-electron chi connectivity index (χ3n) is 1.34. The normalized spacial score (nSPS) is 9.69. The molecule has 0 amide bonds. The van der Waals surface area contributed by atoms with Gasteiger partial charge in [0.05, 0.1) is 19.0 Å². The van der Waals surface area contributed by atoms with Gasteiger partial charge in [-0.15, -0.1) is 0 Å². The van der Waals surface area contributed by atoms with Crippen molar-refractivity contribution in [2.24, 2.45) is 7.05 Å². The van der Waals surface area contributed by atoms with Crippen molar-refractivity contribution in [3.8, 4) is 5.75 Å². The van der Waals surface area contributed by atoms with Crippen molar-refractivity contribution in [2.45, 2.75) is 6.92 Å². The van der Waals surface area contributed by atoms with E-state index in [4.69, 9.17) is 4.74 Å². The van der Waals surface area contributed by atoms with Crippen molar-refractivity contribution in [1.82, 2.24) is 9.78 Å². The summed E-state index contributed by atoms with van der Waals surface area (Å²) in [7, 11) is 1.78. The minimum absolute atomic E-state index is 0.0699. The SMILES string of the molecule is CCOC(=O)COc1cnn(C)c1. The van der Waals surface area contributed by atoms with Gasteiger partial charge in [-0.25, -0.2) is 4.79 Å². The standard InChI is InChI=1S/C8H12N2O3/c1-3-12-8(11)6-13-7-4-9-10(2)5-7/h4-5H,3,6H2,1-2H3. The number of nitrogens with zero attached hydrogens (tertiary/aromatic N) is 2. The molecule has 0 N–H and O–H groups in total. The molecule has 0 fully saturated rings. The zero-order chi connectivity index (χ0) is 9.68. The molecule has 0 saturated carbocycles. The molecule has 0 atom stereocenters. The Labute approximate surface area is 76.3 Å². The highest BCUT2D eigenvalue weighted by Gasteiger charge is 2.03. The molecule has 0 bridgehead atoms. The molecule has 0 aromatic carbocycles. The predicted octanol–water partition coefficient (Wildman–Crippen LogP) is 0.362. The summed E-state index contributed by atoms with van der Waals surface area (Å²) < 4.78 is 11.4. The van der Waals surface area contributed by atoms with E-state index in [0.717, 1.165) is 0 Å². The topological polar surface area (TPSA) is 53.4 Å². The minimum Gasteiger partial charge on any atom is -0.479 e. The smallest absolute Gasteiger partial charge is 0.344 e. The second kappa shape index (κ2) is 4.49. The lowest BCUT2D eigenvalue weighted by atomic mass is 10.6. The van der Waals surface area contributed by atoms with Crippen LogP contribution in [0.15, 0.2) is 12.4 Å². The number of aryl methyl sites for hydroxylation is 1. The average molecular weight is 184 g/mol. The maximum atomic E-state index is 10.8. The number of esters is 1. The minimum atomic E-state index is -0.369. The Morgan fingerprint density at radius 1 is 1.69 bits per heavy atom. The van der Waals surface area contributed by atoms with E-state index in [9.17, 15) is 4.79 Å². The lowest BCUT2D eigenvalue weighted by molar-refractivity contribution is -0.145. The summed E-state index contributed by atoms with van der Waals surface area (Å²) in [5.41, 5.74) is 0. The van der Waals surface area contributed by atoms with Gasteiger partial charge in [-0.05, 0) is 6.92 Å². The van der Waals surface area contributed by atoms with Gasteiger partial charge < -0.3 is 9.47 Å². The first-order valence-corrected chi connectivity index (χ1v) is 3.99. The Hall–Kier alpha value is -1.52. The van der Waals surface area contributed by atoms with Crippen LogP contribution in [0.25, 0.3) is 0 Å². The monoisotopic (exact) mass is 184 g/mol. The molecule has 0 aliphatic rings. The van der Waals surface area contributed by atoms with Crippen molar-refractivity contribution < 1.29 is 14.3 Å². The fourth-order valence-corrected chi connectivity index (χ4v) is 0.818. The van der Waals surface area contributed by atoms with E-state index < -0.39 is 0 Å².